The van der Waals surface area contributed by atoms with Crippen LogP contribution in [0, 0.1) is 0 Å². The number of hydrogen-bond donors (Lipinski definition) is 0. The van der Waals surface area contributed by atoms with Gasteiger partial charge in [-0.15, -0.1) is 0 Å². The van der Waals surface area contributed by atoms with Gasteiger partial charge in [-0.2, -0.15) is 0 Å². The lowest BCUT2D eigenvalue weighted by atomic mass is 10.2. The van der Waals surface area contributed by atoms with Crippen LogP contribution >= 0.6 is 11.6 Å². The molecule has 3 nitrogen and oxygen atoms in total. The zero-order valence-electron chi connectivity index (χ0n) is 5.74. The molecule has 0 aliphatic rings. The molecule has 0 spiro atoms. The third kappa shape index (κ3) is 3.28. The molecule has 1 rings (SSSR count). The van der Waals surface area contributed by atoms with Crippen molar-refractivity contribution in [2.24, 2.45) is 5.11 Å². The second-order valence-electron chi connectivity index (χ2n) is 2.02. The average molecular weight is 184 g/mol. The minimum atomic E-state index is 0. The molecule has 0 heterocycles. The molecule has 0 fully saturated rings. The van der Waals surface area contributed by atoms with Crippen LogP contribution in [0.5, 0.6) is 0 Å². The van der Waals surface area contributed by atoms with Gasteiger partial charge in [0.1, 0.15) is 0 Å². The molecule has 0 radical (unpaired) electrons. The first kappa shape index (κ1) is 10.8. The van der Waals surface area contributed by atoms with E-state index in [4.69, 9.17) is 17.1 Å². The second kappa shape index (κ2) is 5.47. The van der Waals surface area contributed by atoms with Crippen molar-refractivity contribution in [2.75, 3.05) is 0 Å². The molecule has 0 saturated carbocycles. The van der Waals surface area contributed by atoms with E-state index in [-0.39, 0.29) is 7.43 Å². The van der Waals surface area contributed by atoms with Gasteiger partial charge in [0.15, 0.2) is 0 Å². The molecule has 0 atom stereocenters. The number of benzene rings is 1. The maximum Gasteiger partial charge on any atom is 0.0510 e. The van der Waals surface area contributed by atoms with Gasteiger partial charge in [0.2, 0.25) is 0 Å². The Labute approximate surface area is 76.6 Å². The quantitative estimate of drug-likeness (QED) is 0.381. The van der Waals surface area contributed by atoms with Crippen molar-refractivity contribution in [3.63, 3.8) is 0 Å². The molecule has 0 saturated heterocycles. The van der Waals surface area contributed by atoms with Gasteiger partial charge in [-0.25, -0.2) is 0 Å². The van der Waals surface area contributed by atoms with Crippen molar-refractivity contribution in [3.8, 4) is 0 Å². The highest BCUT2D eigenvalue weighted by atomic mass is 35.5. The molecule has 0 amide bonds. The van der Waals surface area contributed by atoms with Gasteiger partial charge in [0, 0.05) is 9.93 Å². The van der Waals surface area contributed by atoms with E-state index < -0.39 is 0 Å². The van der Waals surface area contributed by atoms with E-state index in [2.05, 4.69) is 10.0 Å². The fraction of sp³-hybridized carbons (Fsp3) is 0.250. The maximum atomic E-state index is 8.01. The van der Waals surface area contributed by atoms with Crippen LogP contribution in [-0.4, -0.2) is 0 Å². The van der Waals surface area contributed by atoms with Gasteiger partial charge >= 0.3 is 0 Å². The summed E-state index contributed by atoms with van der Waals surface area (Å²) >= 11 is 5.64. The first-order valence-corrected chi connectivity index (χ1v) is 3.46. The van der Waals surface area contributed by atoms with Gasteiger partial charge in [0.25, 0.3) is 0 Å². The van der Waals surface area contributed by atoms with Crippen molar-refractivity contribution < 1.29 is 0 Å². The summed E-state index contributed by atoms with van der Waals surface area (Å²) in [5.41, 5.74) is 8.98. The molecule has 4 heteroatoms. The van der Waals surface area contributed by atoms with E-state index in [1.807, 2.05) is 12.1 Å². The Balaban J connectivity index is 0.00000121. The average Bonchev–Trinajstić information content (AvgIpc) is 2.04. The lowest BCUT2D eigenvalue weighted by molar-refractivity contribution is 1.05. The Kier molecular flexibility index (Phi) is 4.93. The number of azide groups is 1. The number of halogens is 1. The first-order valence-electron chi connectivity index (χ1n) is 3.08. The number of rotatable bonds is 2. The Morgan fingerprint density at radius 1 is 1.33 bits per heavy atom. The van der Waals surface area contributed by atoms with Crippen molar-refractivity contribution in [1.82, 2.24) is 0 Å². The van der Waals surface area contributed by atoms with Crippen LogP contribution in [0.1, 0.15) is 13.0 Å². The fourth-order valence-electron chi connectivity index (χ4n) is 0.703. The Morgan fingerprint density at radius 3 is 2.42 bits per heavy atom. The zero-order chi connectivity index (χ0) is 8.10. The first-order chi connectivity index (χ1) is 5.33. The highest BCUT2D eigenvalue weighted by Crippen LogP contribution is 2.09. The van der Waals surface area contributed by atoms with E-state index in [0.29, 0.717) is 11.6 Å². The third-order valence-corrected chi connectivity index (χ3v) is 1.48. The summed E-state index contributed by atoms with van der Waals surface area (Å²) in [7, 11) is 0. The van der Waals surface area contributed by atoms with Gasteiger partial charge < -0.3 is 0 Å². The van der Waals surface area contributed by atoms with Crippen LogP contribution < -0.4 is 0 Å². The van der Waals surface area contributed by atoms with Crippen LogP contribution in [0.15, 0.2) is 29.4 Å². The summed E-state index contributed by atoms with van der Waals surface area (Å²) in [5, 5.41) is 4.10. The van der Waals surface area contributed by atoms with E-state index in [1.165, 1.54) is 0 Å². The van der Waals surface area contributed by atoms with Gasteiger partial charge in [-0.1, -0.05) is 36.3 Å². The molecule has 0 bridgehead atoms. The molecular formula is C8H10ClN3. The standard InChI is InChI=1S/C7H6ClN3.CH4/c8-7-3-1-6(2-4-7)5-10-11-9;/h1-4H,5H2;1H4. The van der Waals surface area contributed by atoms with Crippen LogP contribution in [-0.2, 0) is 6.54 Å². The number of hydrogen-bond acceptors (Lipinski definition) is 1. The normalized spacial score (nSPS) is 8.08. The third-order valence-electron chi connectivity index (χ3n) is 1.23. The minimum absolute atomic E-state index is 0. The zero-order valence-corrected chi connectivity index (χ0v) is 6.49. The highest BCUT2D eigenvalue weighted by molar-refractivity contribution is 6.30. The van der Waals surface area contributed by atoms with Crippen molar-refractivity contribution in [1.29, 1.82) is 0 Å². The van der Waals surface area contributed by atoms with Crippen molar-refractivity contribution in [2.45, 2.75) is 14.0 Å². The number of nitrogens with zero attached hydrogens (tertiary/aromatic N) is 3. The second-order valence-corrected chi connectivity index (χ2v) is 2.45. The predicted molar refractivity (Wildman–Crippen MR) is 51.0 cm³/mol. The SMILES string of the molecule is C.[N-]=[N+]=NCc1ccc(Cl)cc1. The fourth-order valence-corrected chi connectivity index (χ4v) is 0.829. The van der Waals surface area contributed by atoms with Crippen LogP contribution in [0.4, 0.5) is 0 Å². The smallest absolute Gasteiger partial charge is 0.0510 e. The van der Waals surface area contributed by atoms with Crippen LogP contribution in [0.25, 0.3) is 10.4 Å². The molecule has 64 valence electrons. The van der Waals surface area contributed by atoms with E-state index in [0.717, 1.165) is 5.56 Å². The van der Waals surface area contributed by atoms with Crippen molar-refractivity contribution >= 4 is 11.6 Å². The molecule has 0 aromatic heterocycles. The minimum Gasteiger partial charge on any atom is -0.0893 e. The van der Waals surface area contributed by atoms with Crippen LogP contribution in [0.2, 0.25) is 5.02 Å². The van der Waals surface area contributed by atoms with E-state index in [1.54, 1.807) is 12.1 Å². The monoisotopic (exact) mass is 183 g/mol. The molecule has 12 heavy (non-hydrogen) atoms. The molecule has 0 aliphatic carbocycles. The van der Waals surface area contributed by atoms with Crippen LogP contribution in [0.3, 0.4) is 0 Å². The molecule has 0 unspecified atom stereocenters. The highest BCUT2D eigenvalue weighted by Gasteiger charge is 1.88. The lowest BCUT2D eigenvalue weighted by Crippen LogP contribution is -1.77. The van der Waals surface area contributed by atoms with Gasteiger partial charge in [-0.05, 0) is 23.2 Å². The maximum absolute atomic E-state index is 8.01. The summed E-state index contributed by atoms with van der Waals surface area (Å²) in [6.45, 7) is 0.383. The predicted octanol–water partition coefficient (Wildman–Crippen LogP) is 3.79. The molecule has 0 aliphatic heterocycles. The largest absolute Gasteiger partial charge is 0.0893 e. The topological polar surface area (TPSA) is 48.8 Å². The summed E-state index contributed by atoms with van der Waals surface area (Å²) in [4.78, 5) is 2.65. The van der Waals surface area contributed by atoms with Crippen molar-refractivity contribution in [3.05, 3.63) is 45.3 Å². The molecule has 1 aromatic carbocycles. The summed E-state index contributed by atoms with van der Waals surface area (Å²) in [6, 6.07) is 7.20. The lowest BCUT2D eigenvalue weighted by Gasteiger charge is -1.93. The Hall–Kier alpha value is -1.18. The van der Waals surface area contributed by atoms with Gasteiger partial charge in [-0.3, -0.25) is 0 Å². The molecule has 0 N–H and O–H groups in total. The summed E-state index contributed by atoms with van der Waals surface area (Å²) < 4.78 is 0. The van der Waals surface area contributed by atoms with E-state index >= 15 is 0 Å². The summed E-state index contributed by atoms with van der Waals surface area (Å²) in [6.07, 6.45) is 0. The molecular weight excluding hydrogens is 174 g/mol. The summed E-state index contributed by atoms with van der Waals surface area (Å²) in [5.74, 6) is 0. The Bertz CT molecular complexity index is 275. The molecule has 1 aromatic rings. The van der Waals surface area contributed by atoms with E-state index in [9.17, 15) is 0 Å². The van der Waals surface area contributed by atoms with Gasteiger partial charge in [0.05, 0.1) is 6.54 Å². The Morgan fingerprint density at radius 2 is 1.92 bits per heavy atom.